The second-order valence-electron chi connectivity index (χ2n) is 3.84. The van der Waals surface area contributed by atoms with E-state index in [1.165, 1.54) is 11.3 Å². The smallest absolute Gasteiger partial charge is 0.225 e. The molecule has 96 valence electrons. The second kappa shape index (κ2) is 4.93. The molecule has 0 radical (unpaired) electrons. The number of rotatable bonds is 2. The maximum atomic E-state index is 9.14. The second-order valence-corrected chi connectivity index (χ2v) is 5.24. The third-order valence-corrected chi connectivity index (χ3v) is 3.81. The Bertz CT molecular complexity index is 570. The van der Waals surface area contributed by atoms with Crippen LogP contribution in [0.25, 0.3) is 10.3 Å². The zero-order chi connectivity index (χ0) is 12.5. The van der Waals surface area contributed by atoms with Crippen LogP contribution in [0.4, 0.5) is 5.82 Å². The highest BCUT2D eigenvalue weighted by molar-refractivity contribution is 7.18. The quantitative estimate of drug-likeness (QED) is 0.833. The Hall–Kier alpha value is -1.02. The maximum Gasteiger partial charge on any atom is 0.225 e. The van der Waals surface area contributed by atoms with Gasteiger partial charge in [-0.2, -0.15) is 4.98 Å². The van der Waals surface area contributed by atoms with Crippen LogP contribution in [-0.2, 0) is 11.3 Å². The number of thiazole rings is 1. The van der Waals surface area contributed by atoms with Gasteiger partial charge < -0.3 is 14.7 Å². The van der Waals surface area contributed by atoms with E-state index in [1.54, 1.807) is 0 Å². The van der Waals surface area contributed by atoms with Crippen molar-refractivity contribution in [3.05, 3.63) is 10.3 Å². The fraction of sp³-hybridized carbons (Fsp3) is 0.500. The number of fused-ring (bicyclic) bond motifs is 1. The van der Waals surface area contributed by atoms with E-state index in [4.69, 9.17) is 21.4 Å². The maximum absolute atomic E-state index is 9.14. The summed E-state index contributed by atoms with van der Waals surface area (Å²) in [7, 11) is 0. The van der Waals surface area contributed by atoms with Crippen molar-refractivity contribution >= 4 is 39.1 Å². The predicted octanol–water partition coefficient (Wildman–Crippen LogP) is 1.07. The first-order chi connectivity index (χ1) is 8.78. The molecule has 18 heavy (non-hydrogen) atoms. The Kier molecular flexibility index (Phi) is 3.29. The van der Waals surface area contributed by atoms with Gasteiger partial charge in [0.25, 0.3) is 0 Å². The first-order valence-corrected chi connectivity index (χ1v) is 6.74. The largest absolute Gasteiger partial charge is 0.389 e. The molecule has 2 aromatic rings. The summed E-state index contributed by atoms with van der Waals surface area (Å²) >= 11 is 7.27. The topological polar surface area (TPSA) is 71.4 Å². The van der Waals surface area contributed by atoms with Crippen molar-refractivity contribution in [3.63, 3.8) is 0 Å². The Morgan fingerprint density at radius 2 is 2.06 bits per heavy atom. The van der Waals surface area contributed by atoms with Gasteiger partial charge in [0.05, 0.1) is 19.8 Å². The summed E-state index contributed by atoms with van der Waals surface area (Å²) in [6, 6.07) is 0. The highest BCUT2D eigenvalue weighted by Crippen LogP contribution is 2.29. The molecule has 0 spiro atoms. The summed E-state index contributed by atoms with van der Waals surface area (Å²) in [5.41, 5.74) is 0.704. The fourth-order valence-electron chi connectivity index (χ4n) is 1.89. The van der Waals surface area contributed by atoms with Gasteiger partial charge >= 0.3 is 0 Å². The van der Waals surface area contributed by atoms with Crippen LogP contribution in [0.15, 0.2) is 0 Å². The molecular weight excluding hydrogens is 276 g/mol. The van der Waals surface area contributed by atoms with Crippen LogP contribution >= 0.6 is 22.9 Å². The molecule has 0 atom stereocenters. The summed E-state index contributed by atoms with van der Waals surface area (Å²) in [6.07, 6.45) is 0. The number of ether oxygens (including phenoxy) is 1. The van der Waals surface area contributed by atoms with Crippen molar-refractivity contribution < 1.29 is 9.84 Å². The van der Waals surface area contributed by atoms with Gasteiger partial charge in [0.2, 0.25) is 5.28 Å². The Labute approximate surface area is 112 Å². The lowest BCUT2D eigenvalue weighted by Gasteiger charge is -2.27. The molecule has 3 rings (SSSR count). The zero-order valence-electron chi connectivity index (χ0n) is 9.47. The normalized spacial score (nSPS) is 16.4. The summed E-state index contributed by atoms with van der Waals surface area (Å²) < 4.78 is 5.31. The van der Waals surface area contributed by atoms with E-state index in [0.29, 0.717) is 28.6 Å². The number of aliphatic hydroxyl groups excluding tert-OH is 1. The van der Waals surface area contributed by atoms with Gasteiger partial charge in [-0.1, -0.05) is 11.3 Å². The fourth-order valence-corrected chi connectivity index (χ4v) is 2.89. The van der Waals surface area contributed by atoms with Gasteiger partial charge in [0, 0.05) is 13.1 Å². The summed E-state index contributed by atoms with van der Waals surface area (Å²) in [5.74, 6) is 0.726. The van der Waals surface area contributed by atoms with E-state index < -0.39 is 0 Å². The number of anilines is 1. The van der Waals surface area contributed by atoms with Crippen LogP contribution in [0.1, 0.15) is 5.01 Å². The highest BCUT2D eigenvalue weighted by Gasteiger charge is 2.19. The van der Waals surface area contributed by atoms with Crippen molar-refractivity contribution in [3.8, 4) is 0 Å². The van der Waals surface area contributed by atoms with Crippen molar-refractivity contribution in [1.82, 2.24) is 15.0 Å². The predicted molar refractivity (Wildman–Crippen MR) is 69.2 cm³/mol. The van der Waals surface area contributed by atoms with Gasteiger partial charge in [-0.05, 0) is 11.6 Å². The molecule has 3 heterocycles. The Morgan fingerprint density at radius 3 is 2.78 bits per heavy atom. The number of aliphatic hydroxyl groups is 1. The van der Waals surface area contributed by atoms with E-state index in [1.807, 2.05) is 0 Å². The van der Waals surface area contributed by atoms with E-state index in [-0.39, 0.29) is 11.9 Å². The van der Waals surface area contributed by atoms with Crippen molar-refractivity contribution in [2.24, 2.45) is 0 Å². The van der Waals surface area contributed by atoms with E-state index in [9.17, 15) is 0 Å². The monoisotopic (exact) mass is 286 g/mol. The average Bonchev–Trinajstić information content (AvgIpc) is 2.81. The van der Waals surface area contributed by atoms with Crippen LogP contribution in [-0.4, -0.2) is 46.4 Å². The molecule has 1 aliphatic heterocycles. The van der Waals surface area contributed by atoms with Crippen molar-refractivity contribution in [1.29, 1.82) is 0 Å². The number of aromatic nitrogens is 3. The summed E-state index contributed by atoms with van der Waals surface area (Å²) in [5, 5.41) is 9.97. The molecular formula is C10H11ClN4O2S. The lowest BCUT2D eigenvalue weighted by molar-refractivity contribution is 0.122. The molecule has 0 bridgehead atoms. The molecule has 1 N–H and O–H groups in total. The zero-order valence-corrected chi connectivity index (χ0v) is 11.0. The van der Waals surface area contributed by atoms with E-state index in [0.717, 1.165) is 18.9 Å². The molecule has 0 saturated carbocycles. The molecule has 1 fully saturated rings. The van der Waals surface area contributed by atoms with Crippen LogP contribution < -0.4 is 4.90 Å². The van der Waals surface area contributed by atoms with E-state index in [2.05, 4.69) is 19.9 Å². The molecule has 1 saturated heterocycles. The molecule has 8 heteroatoms. The third-order valence-electron chi connectivity index (χ3n) is 2.70. The minimum Gasteiger partial charge on any atom is -0.389 e. The summed E-state index contributed by atoms with van der Waals surface area (Å²) in [4.78, 5) is 15.5. The van der Waals surface area contributed by atoms with Gasteiger partial charge in [-0.15, -0.1) is 0 Å². The lowest BCUT2D eigenvalue weighted by atomic mass is 10.4. The lowest BCUT2D eigenvalue weighted by Crippen LogP contribution is -2.37. The van der Waals surface area contributed by atoms with Gasteiger partial charge in [-0.3, -0.25) is 0 Å². The van der Waals surface area contributed by atoms with Crippen LogP contribution in [0.3, 0.4) is 0 Å². The molecule has 0 amide bonds. The SMILES string of the molecule is OCc1nc2c(N3CCOCC3)nc(Cl)nc2s1. The van der Waals surface area contributed by atoms with Gasteiger partial charge in [0.15, 0.2) is 10.6 Å². The van der Waals surface area contributed by atoms with Crippen LogP contribution in [0.2, 0.25) is 5.28 Å². The van der Waals surface area contributed by atoms with E-state index >= 15 is 0 Å². The standard InChI is InChI=1S/C10H11ClN4O2S/c11-10-13-8(15-1-3-17-4-2-15)7-9(14-10)18-6(5-16)12-7/h16H,1-5H2. The van der Waals surface area contributed by atoms with Crippen LogP contribution in [0.5, 0.6) is 0 Å². The minimum absolute atomic E-state index is 0.0960. The summed E-state index contributed by atoms with van der Waals surface area (Å²) in [6.45, 7) is 2.75. The number of halogens is 1. The number of morpholine rings is 1. The number of hydrogen-bond donors (Lipinski definition) is 1. The third kappa shape index (κ3) is 2.14. The molecule has 0 aromatic carbocycles. The Morgan fingerprint density at radius 1 is 1.28 bits per heavy atom. The van der Waals surface area contributed by atoms with Gasteiger partial charge in [0.1, 0.15) is 10.5 Å². The van der Waals surface area contributed by atoms with Crippen molar-refractivity contribution in [2.45, 2.75) is 6.61 Å². The minimum atomic E-state index is -0.0960. The molecule has 6 nitrogen and oxygen atoms in total. The first-order valence-electron chi connectivity index (χ1n) is 5.54. The van der Waals surface area contributed by atoms with Crippen LogP contribution in [0, 0.1) is 0 Å². The van der Waals surface area contributed by atoms with Crippen molar-refractivity contribution in [2.75, 3.05) is 31.2 Å². The highest BCUT2D eigenvalue weighted by atomic mass is 35.5. The van der Waals surface area contributed by atoms with Gasteiger partial charge in [-0.25, -0.2) is 9.97 Å². The molecule has 2 aromatic heterocycles. The molecule has 0 aliphatic carbocycles. The average molecular weight is 287 g/mol. The first kappa shape index (κ1) is 12.0. The Balaban J connectivity index is 2.10. The number of nitrogens with zero attached hydrogens (tertiary/aromatic N) is 4. The molecule has 0 unspecified atom stereocenters. The number of hydrogen-bond acceptors (Lipinski definition) is 7. The molecule has 1 aliphatic rings.